The van der Waals surface area contributed by atoms with Gasteiger partial charge in [-0.2, -0.15) is 4.98 Å². The summed E-state index contributed by atoms with van der Waals surface area (Å²) in [4.78, 5) is 18.1. The summed E-state index contributed by atoms with van der Waals surface area (Å²) in [5, 5.41) is 3.64. The van der Waals surface area contributed by atoms with Crippen molar-refractivity contribution in [1.82, 2.24) is 15.1 Å². The summed E-state index contributed by atoms with van der Waals surface area (Å²) >= 11 is 0. The molecule has 2 heterocycles. The quantitative estimate of drug-likeness (QED) is 0.670. The first-order chi connectivity index (χ1) is 6.88. The number of aromatic nitrogens is 3. The molecule has 0 spiro atoms. The molecule has 2 rings (SSSR count). The van der Waals surface area contributed by atoms with Crippen molar-refractivity contribution in [2.24, 2.45) is 0 Å². The maximum absolute atomic E-state index is 10.3. The molecule has 0 radical (unpaired) electrons. The van der Waals surface area contributed by atoms with Gasteiger partial charge in [0.2, 0.25) is 6.29 Å². The predicted molar refractivity (Wildman–Crippen MR) is 46.7 cm³/mol. The molecule has 0 aliphatic heterocycles. The molecule has 0 amide bonds. The lowest BCUT2D eigenvalue weighted by molar-refractivity contribution is 0.108. The molecule has 5 heteroatoms. The van der Waals surface area contributed by atoms with Gasteiger partial charge in [0.15, 0.2) is 5.82 Å². The molecule has 5 nitrogen and oxygen atoms in total. The Morgan fingerprint density at radius 1 is 1.50 bits per heavy atom. The molecule has 0 unspecified atom stereocenters. The zero-order valence-electron chi connectivity index (χ0n) is 7.25. The summed E-state index contributed by atoms with van der Waals surface area (Å²) in [5.74, 6) is 0.490. The van der Waals surface area contributed by atoms with Gasteiger partial charge in [0.1, 0.15) is 0 Å². The van der Waals surface area contributed by atoms with Crippen LogP contribution in [0.3, 0.4) is 0 Å². The fourth-order valence-electron chi connectivity index (χ4n) is 1.07. The van der Waals surface area contributed by atoms with Crippen LogP contribution in [0.1, 0.15) is 22.1 Å². The highest BCUT2D eigenvalue weighted by Crippen LogP contribution is 2.03. The summed E-state index contributed by atoms with van der Waals surface area (Å²) in [6.45, 7) is 0. The molecular weight excluding hydrogens is 182 g/mol. The molecule has 0 aliphatic carbocycles. The number of aldehydes is 1. The normalized spacial score (nSPS) is 10.0. The highest BCUT2D eigenvalue weighted by Gasteiger charge is 2.05. The number of rotatable bonds is 3. The Hall–Kier alpha value is -2.04. The van der Waals surface area contributed by atoms with E-state index < -0.39 is 0 Å². The molecule has 0 N–H and O–H groups in total. The minimum absolute atomic E-state index is 0.00360. The van der Waals surface area contributed by atoms with Crippen molar-refractivity contribution in [1.29, 1.82) is 0 Å². The zero-order valence-corrected chi connectivity index (χ0v) is 7.25. The van der Waals surface area contributed by atoms with Crippen LogP contribution in [-0.2, 0) is 6.42 Å². The van der Waals surface area contributed by atoms with Crippen LogP contribution in [0.5, 0.6) is 0 Å². The van der Waals surface area contributed by atoms with Crippen molar-refractivity contribution in [3.05, 3.63) is 41.8 Å². The van der Waals surface area contributed by atoms with Gasteiger partial charge in [-0.3, -0.25) is 9.78 Å². The van der Waals surface area contributed by atoms with Crippen LogP contribution >= 0.6 is 0 Å². The Labute approximate surface area is 79.8 Å². The van der Waals surface area contributed by atoms with Crippen LogP contribution in [0.15, 0.2) is 29.0 Å². The van der Waals surface area contributed by atoms with E-state index in [0.717, 1.165) is 5.56 Å². The van der Waals surface area contributed by atoms with E-state index >= 15 is 0 Å². The van der Waals surface area contributed by atoms with Crippen LogP contribution in [0.4, 0.5) is 0 Å². The lowest BCUT2D eigenvalue weighted by atomic mass is 10.2. The van der Waals surface area contributed by atoms with E-state index in [4.69, 9.17) is 0 Å². The lowest BCUT2D eigenvalue weighted by Crippen LogP contribution is -1.91. The van der Waals surface area contributed by atoms with Gasteiger partial charge in [-0.1, -0.05) is 11.2 Å². The summed E-state index contributed by atoms with van der Waals surface area (Å²) in [7, 11) is 0. The van der Waals surface area contributed by atoms with Gasteiger partial charge in [0.05, 0.1) is 0 Å². The smallest absolute Gasteiger partial charge is 0.290 e. The fraction of sp³-hybridized carbons (Fsp3) is 0.111. The molecule has 0 aliphatic rings. The topological polar surface area (TPSA) is 68.9 Å². The van der Waals surface area contributed by atoms with Gasteiger partial charge < -0.3 is 4.52 Å². The van der Waals surface area contributed by atoms with Crippen LogP contribution in [0, 0.1) is 0 Å². The standard InChI is InChI=1S/C9H7N3O2/c13-6-9-11-8(12-14-9)4-7-2-1-3-10-5-7/h1-3,5-6H,4H2. The third kappa shape index (κ3) is 1.82. The van der Waals surface area contributed by atoms with Crippen LogP contribution in [-0.4, -0.2) is 21.4 Å². The molecular formula is C9H7N3O2. The van der Waals surface area contributed by atoms with Gasteiger partial charge in [0, 0.05) is 18.8 Å². The Balaban J connectivity index is 2.15. The molecule has 2 aromatic heterocycles. The fourth-order valence-corrected chi connectivity index (χ4v) is 1.07. The first kappa shape index (κ1) is 8.55. The maximum Gasteiger partial charge on any atom is 0.290 e. The number of hydrogen-bond donors (Lipinski definition) is 0. The second-order valence-electron chi connectivity index (χ2n) is 2.70. The molecule has 0 atom stereocenters. The average Bonchev–Trinajstić information content (AvgIpc) is 2.67. The monoisotopic (exact) mass is 189 g/mol. The largest absolute Gasteiger partial charge is 0.331 e. The second kappa shape index (κ2) is 3.78. The highest BCUT2D eigenvalue weighted by molar-refractivity contribution is 5.66. The minimum Gasteiger partial charge on any atom is -0.331 e. The van der Waals surface area contributed by atoms with Gasteiger partial charge >= 0.3 is 0 Å². The number of carbonyl (C=O) groups excluding carboxylic acids is 1. The van der Waals surface area contributed by atoms with Gasteiger partial charge in [0.25, 0.3) is 5.89 Å². The van der Waals surface area contributed by atoms with E-state index in [1.165, 1.54) is 0 Å². The van der Waals surface area contributed by atoms with E-state index in [-0.39, 0.29) is 5.89 Å². The highest BCUT2D eigenvalue weighted by atomic mass is 16.5. The minimum atomic E-state index is 0.00360. The van der Waals surface area contributed by atoms with Crippen molar-refractivity contribution in [2.45, 2.75) is 6.42 Å². The third-order valence-corrected chi connectivity index (χ3v) is 1.67. The van der Waals surface area contributed by atoms with Crippen LogP contribution in [0.25, 0.3) is 0 Å². The third-order valence-electron chi connectivity index (χ3n) is 1.67. The van der Waals surface area contributed by atoms with Crippen molar-refractivity contribution in [2.75, 3.05) is 0 Å². The van der Waals surface area contributed by atoms with Crippen LogP contribution in [0.2, 0.25) is 0 Å². The molecule has 70 valence electrons. The summed E-state index contributed by atoms with van der Waals surface area (Å²) in [6, 6.07) is 3.74. The van der Waals surface area contributed by atoms with Gasteiger partial charge in [-0.15, -0.1) is 0 Å². The van der Waals surface area contributed by atoms with E-state index in [0.29, 0.717) is 18.5 Å². The predicted octanol–water partition coefficient (Wildman–Crippen LogP) is 0.868. The van der Waals surface area contributed by atoms with Crippen LogP contribution < -0.4 is 0 Å². The number of carbonyl (C=O) groups is 1. The number of nitrogens with zero attached hydrogens (tertiary/aromatic N) is 3. The lowest BCUT2D eigenvalue weighted by Gasteiger charge is -1.92. The molecule has 14 heavy (non-hydrogen) atoms. The van der Waals surface area contributed by atoms with E-state index in [1.807, 2.05) is 12.1 Å². The Kier molecular flexibility index (Phi) is 2.31. The number of pyridine rings is 1. The molecule has 0 aromatic carbocycles. The van der Waals surface area contributed by atoms with Gasteiger partial charge in [-0.05, 0) is 11.6 Å². The van der Waals surface area contributed by atoms with Gasteiger partial charge in [-0.25, -0.2) is 0 Å². The Bertz CT molecular complexity index is 425. The second-order valence-corrected chi connectivity index (χ2v) is 2.70. The van der Waals surface area contributed by atoms with E-state index in [9.17, 15) is 4.79 Å². The zero-order chi connectivity index (χ0) is 9.80. The molecule has 0 fully saturated rings. The average molecular weight is 189 g/mol. The summed E-state index contributed by atoms with van der Waals surface area (Å²) < 4.78 is 4.64. The molecule has 2 aromatic rings. The number of hydrogen-bond acceptors (Lipinski definition) is 5. The Morgan fingerprint density at radius 3 is 3.07 bits per heavy atom. The van der Waals surface area contributed by atoms with Crippen molar-refractivity contribution >= 4 is 6.29 Å². The Morgan fingerprint density at radius 2 is 2.43 bits per heavy atom. The van der Waals surface area contributed by atoms with E-state index in [2.05, 4.69) is 19.6 Å². The molecule has 0 saturated carbocycles. The van der Waals surface area contributed by atoms with Crippen molar-refractivity contribution < 1.29 is 9.32 Å². The van der Waals surface area contributed by atoms with E-state index in [1.54, 1.807) is 12.4 Å². The van der Waals surface area contributed by atoms with Crippen molar-refractivity contribution in [3.63, 3.8) is 0 Å². The maximum atomic E-state index is 10.3. The SMILES string of the molecule is O=Cc1nc(Cc2cccnc2)no1. The molecule has 0 bridgehead atoms. The summed E-state index contributed by atoms with van der Waals surface area (Å²) in [6.07, 6.45) is 4.46. The molecule has 0 saturated heterocycles. The summed E-state index contributed by atoms with van der Waals surface area (Å²) in [5.41, 5.74) is 0.978. The first-order valence-electron chi connectivity index (χ1n) is 4.05. The first-order valence-corrected chi connectivity index (χ1v) is 4.05. The van der Waals surface area contributed by atoms with Crippen molar-refractivity contribution in [3.8, 4) is 0 Å².